The van der Waals surface area contributed by atoms with E-state index in [1.807, 2.05) is 42.5 Å². The van der Waals surface area contributed by atoms with Crippen LogP contribution in [0.4, 0.5) is 5.69 Å². The lowest BCUT2D eigenvalue weighted by atomic mass is 10.1. The fourth-order valence-corrected chi connectivity index (χ4v) is 3.05. The molecule has 0 fully saturated rings. The Morgan fingerprint density at radius 2 is 1.74 bits per heavy atom. The molecule has 3 N–H and O–H groups in total. The molecule has 3 aromatic rings. The summed E-state index contributed by atoms with van der Waals surface area (Å²) in [6.45, 7) is 2.21. The number of nitrogens with one attached hydrogen (secondary N) is 1. The number of carbonyl (C=O) groups excluding carboxylic acids is 2. The summed E-state index contributed by atoms with van der Waals surface area (Å²) in [4.78, 5) is 23.8. The molecule has 0 aliphatic heterocycles. The zero-order valence-electron chi connectivity index (χ0n) is 15.2. The number of hydrogen-bond acceptors (Lipinski definition) is 3. The van der Waals surface area contributed by atoms with Gasteiger partial charge in [0, 0.05) is 11.8 Å². The summed E-state index contributed by atoms with van der Waals surface area (Å²) in [5, 5.41) is 4.93. The minimum Gasteiger partial charge on any atom is -0.493 e. The molecule has 0 bridgehead atoms. The highest BCUT2D eigenvalue weighted by Crippen LogP contribution is 2.25. The van der Waals surface area contributed by atoms with Crippen LogP contribution in [-0.4, -0.2) is 18.4 Å². The molecule has 3 rings (SSSR count). The van der Waals surface area contributed by atoms with Crippen LogP contribution >= 0.6 is 0 Å². The van der Waals surface area contributed by atoms with E-state index in [1.54, 1.807) is 25.1 Å². The maximum absolute atomic E-state index is 12.2. The summed E-state index contributed by atoms with van der Waals surface area (Å²) in [5.74, 6) is 0.0792. The Balaban J connectivity index is 1.55. The molecule has 3 aromatic carbocycles. The Morgan fingerprint density at radius 3 is 2.56 bits per heavy atom. The molecule has 0 aliphatic carbocycles. The molecule has 0 heterocycles. The highest BCUT2D eigenvalue weighted by Gasteiger charge is 2.13. The van der Waals surface area contributed by atoms with Crippen molar-refractivity contribution in [3.05, 3.63) is 71.8 Å². The monoisotopic (exact) mass is 362 g/mol. The van der Waals surface area contributed by atoms with Crippen LogP contribution in [-0.2, 0) is 4.79 Å². The standard InChI is InChI=1S/C22H22N2O3/c1-15-7-4-11-18(21(15)22(23)26)24-20(25)13-6-14-27-19-12-5-9-16-8-2-3-10-17(16)19/h2-5,7-12H,6,13-14H2,1H3,(H2,23,26)(H,24,25). The Bertz CT molecular complexity index is 977. The zero-order chi connectivity index (χ0) is 19.2. The number of benzene rings is 3. The molecule has 0 aliphatic rings. The van der Waals surface area contributed by atoms with Gasteiger partial charge in [0.15, 0.2) is 0 Å². The molecule has 0 atom stereocenters. The number of fused-ring (bicyclic) bond motifs is 1. The van der Waals surface area contributed by atoms with E-state index in [-0.39, 0.29) is 12.3 Å². The first-order valence-electron chi connectivity index (χ1n) is 8.86. The van der Waals surface area contributed by atoms with Crippen molar-refractivity contribution < 1.29 is 14.3 Å². The number of rotatable bonds is 7. The van der Waals surface area contributed by atoms with Crippen LogP contribution in [0, 0.1) is 6.92 Å². The van der Waals surface area contributed by atoms with Crippen molar-refractivity contribution in [1.82, 2.24) is 0 Å². The van der Waals surface area contributed by atoms with E-state index in [2.05, 4.69) is 5.32 Å². The van der Waals surface area contributed by atoms with Gasteiger partial charge < -0.3 is 15.8 Å². The smallest absolute Gasteiger partial charge is 0.251 e. The van der Waals surface area contributed by atoms with E-state index in [0.29, 0.717) is 24.3 Å². The lowest BCUT2D eigenvalue weighted by Crippen LogP contribution is -2.19. The molecular weight excluding hydrogens is 340 g/mol. The van der Waals surface area contributed by atoms with Crippen molar-refractivity contribution in [2.24, 2.45) is 5.73 Å². The van der Waals surface area contributed by atoms with Crippen molar-refractivity contribution in [1.29, 1.82) is 0 Å². The van der Waals surface area contributed by atoms with Gasteiger partial charge in [0.2, 0.25) is 5.91 Å². The normalized spacial score (nSPS) is 10.6. The molecule has 0 radical (unpaired) electrons. The van der Waals surface area contributed by atoms with Gasteiger partial charge in [-0.3, -0.25) is 9.59 Å². The molecule has 0 saturated heterocycles. The minimum atomic E-state index is -0.553. The third-order valence-corrected chi connectivity index (χ3v) is 4.35. The lowest BCUT2D eigenvalue weighted by molar-refractivity contribution is -0.116. The summed E-state index contributed by atoms with van der Waals surface area (Å²) in [7, 11) is 0. The average Bonchev–Trinajstić information content (AvgIpc) is 2.65. The number of nitrogens with two attached hydrogens (primary N) is 1. The second-order valence-electron chi connectivity index (χ2n) is 6.34. The molecule has 0 aromatic heterocycles. The molecule has 0 saturated carbocycles. The second-order valence-corrected chi connectivity index (χ2v) is 6.34. The summed E-state index contributed by atoms with van der Waals surface area (Å²) >= 11 is 0. The van der Waals surface area contributed by atoms with Crippen molar-refractivity contribution in [3.63, 3.8) is 0 Å². The van der Waals surface area contributed by atoms with Gasteiger partial charge in [-0.25, -0.2) is 0 Å². The van der Waals surface area contributed by atoms with E-state index in [1.165, 1.54) is 0 Å². The lowest BCUT2D eigenvalue weighted by Gasteiger charge is -2.12. The fourth-order valence-electron chi connectivity index (χ4n) is 3.05. The number of carbonyl (C=O) groups is 2. The topological polar surface area (TPSA) is 81.4 Å². The van der Waals surface area contributed by atoms with Crippen LogP contribution in [0.1, 0.15) is 28.8 Å². The third kappa shape index (κ3) is 4.44. The number of amides is 2. The van der Waals surface area contributed by atoms with Crippen LogP contribution in [0.5, 0.6) is 5.75 Å². The van der Waals surface area contributed by atoms with Crippen LogP contribution in [0.25, 0.3) is 10.8 Å². The van der Waals surface area contributed by atoms with Crippen molar-refractivity contribution >= 4 is 28.3 Å². The van der Waals surface area contributed by atoms with Crippen LogP contribution in [0.3, 0.4) is 0 Å². The summed E-state index contributed by atoms with van der Waals surface area (Å²) in [6.07, 6.45) is 0.851. The molecule has 138 valence electrons. The van der Waals surface area contributed by atoms with E-state index in [0.717, 1.165) is 22.1 Å². The van der Waals surface area contributed by atoms with E-state index < -0.39 is 5.91 Å². The summed E-state index contributed by atoms with van der Waals surface area (Å²) < 4.78 is 5.85. The van der Waals surface area contributed by atoms with Crippen LogP contribution in [0.15, 0.2) is 60.7 Å². The summed E-state index contributed by atoms with van der Waals surface area (Å²) in [6, 6.07) is 19.2. The van der Waals surface area contributed by atoms with Gasteiger partial charge in [0.25, 0.3) is 5.91 Å². The predicted molar refractivity (Wildman–Crippen MR) is 107 cm³/mol. The van der Waals surface area contributed by atoms with Crippen molar-refractivity contribution in [2.75, 3.05) is 11.9 Å². The van der Waals surface area contributed by atoms with Gasteiger partial charge in [-0.15, -0.1) is 0 Å². The Hall–Kier alpha value is -3.34. The van der Waals surface area contributed by atoms with E-state index >= 15 is 0 Å². The number of primary amides is 1. The van der Waals surface area contributed by atoms with Crippen LogP contribution < -0.4 is 15.8 Å². The second kappa shape index (κ2) is 8.36. The zero-order valence-corrected chi connectivity index (χ0v) is 15.2. The fraction of sp³-hybridized carbons (Fsp3) is 0.182. The third-order valence-electron chi connectivity index (χ3n) is 4.35. The van der Waals surface area contributed by atoms with Gasteiger partial charge in [-0.05, 0) is 36.4 Å². The van der Waals surface area contributed by atoms with Crippen molar-refractivity contribution in [3.8, 4) is 5.75 Å². The number of aryl methyl sites for hydroxylation is 1. The van der Waals surface area contributed by atoms with Crippen LogP contribution in [0.2, 0.25) is 0 Å². The molecule has 2 amide bonds. The van der Waals surface area contributed by atoms with Crippen molar-refractivity contribution in [2.45, 2.75) is 19.8 Å². The highest BCUT2D eigenvalue weighted by atomic mass is 16.5. The number of anilines is 1. The molecule has 27 heavy (non-hydrogen) atoms. The van der Waals surface area contributed by atoms with E-state index in [4.69, 9.17) is 10.5 Å². The molecule has 5 heteroatoms. The Labute approximate surface area is 158 Å². The first kappa shape index (κ1) is 18.5. The Morgan fingerprint density at radius 1 is 1.00 bits per heavy atom. The SMILES string of the molecule is Cc1cccc(NC(=O)CCCOc2cccc3ccccc23)c1C(N)=O. The molecular formula is C22H22N2O3. The predicted octanol–water partition coefficient (Wildman–Crippen LogP) is 4.04. The molecule has 0 unspecified atom stereocenters. The van der Waals surface area contributed by atoms with Gasteiger partial charge in [0.1, 0.15) is 5.75 Å². The molecule has 0 spiro atoms. The van der Waals surface area contributed by atoms with Gasteiger partial charge in [-0.2, -0.15) is 0 Å². The average molecular weight is 362 g/mol. The first-order chi connectivity index (χ1) is 13.1. The molecule has 5 nitrogen and oxygen atoms in total. The quantitative estimate of drug-likeness (QED) is 0.622. The van der Waals surface area contributed by atoms with Gasteiger partial charge in [0.05, 0.1) is 17.9 Å². The number of hydrogen-bond donors (Lipinski definition) is 2. The van der Waals surface area contributed by atoms with Gasteiger partial charge >= 0.3 is 0 Å². The Kier molecular flexibility index (Phi) is 5.71. The highest BCUT2D eigenvalue weighted by molar-refractivity contribution is 6.04. The largest absolute Gasteiger partial charge is 0.493 e. The van der Waals surface area contributed by atoms with Gasteiger partial charge in [-0.1, -0.05) is 48.5 Å². The maximum Gasteiger partial charge on any atom is 0.251 e. The number of ether oxygens (including phenoxy) is 1. The maximum atomic E-state index is 12.2. The van der Waals surface area contributed by atoms with E-state index in [9.17, 15) is 9.59 Å². The first-order valence-corrected chi connectivity index (χ1v) is 8.86. The minimum absolute atomic E-state index is 0.176. The summed E-state index contributed by atoms with van der Waals surface area (Å²) in [5.41, 5.74) is 6.94.